The summed E-state index contributed by atoms with van der Waals surface area (Å²) in [4.78, 5) is 18.0. The van der Waals surface area contributed by atoms with E-state index >= 15 is 0 Å². The molecule has 0 fully saturated rings. The fourth-order valence-electron chi connectivity index (χ4n) is 3.97. The second-order valence-electron chi connectivity index (χ2n) is 9.06. The van der Waals surface area contributed by atoms with Crippen molar-refractivity contribution < 1.29 is 28.0 Å². The second kappa shape index (κ2) is 19.0. The lowest BCUT2D eigenvalue weighted by Crippen LogP contribution is -2.19. The summed E-state index contributed by atoms with van der Waals surface area (Å²) in [6, 6.07) is 5.87. The van der Waals surface area contributed by atoms with Crippen LogP contribution in [0.15, 0.2) is 18.2 Å². The largest absolute Gasteiger partial charge is 0.469 e. The number of rotatable bonds is 21. The predicted octanol–water partition coefficient (Wildman–Crippen LogP) is 7.56. The molecule has 0 saturated carbocycles. The maximum absolute atomic E-state index is 13.6. The van der Waals surface area contributed by atoms with E-state index in [9.17, 15) is 8.96 Å². The molecule has 6 nitrogen and oxygen atoms in total. The highest BCUT2D eigenvalue weighted by Crippen LogP contribution is 2.36. The van der Waals surface area contributed by atoms with Crippen molar-refractivity contribution in [3.63, 3.8) is 0 Å². The zero-order valence-corrected chi connectivity index (χ0v) is 21.6. The zero-order chi connectivity index (χ0) is 25.1. The van der Waals surface area contributed by atoms with Gasteiger partial charge in [-0.2, -0.15) is 5.26 Å². The van der Waals surface area contributed by atoms with Crippen LogP contribution in [-0.4, -0.2) is 22.5 Å². The van der Waals surface area contributed by atoms with E-state index in [0.717, 1.165) is 25.3 Å². The summed E-state index contributed by atoms with van der Waals surface area (Å²) in [7, 11) is -4.59. The summed E-state index contributed by atoms with van der Waals surface area (Å²) < 4.78 is 35.1. The van der Waals surface area contributed by atoms with Crippen molar-refractivity contribution in [3.8, 4) is 6.07 Å². The van der Waals surface area contributed by atoms with E-state index in [1.165, 1.54) is 82.8 Å². The van der Waals surface area contributed by atoms with Gasteiger partial charge in [-0.1, -0.05) is 96.8 Å². The Balaban J connectivity index is 2.21. The first kappa shape index (κ1) is 30.7. The average molecular weight is 500 g/mol. The van der Waals surface area contributed by atoms with Gasteiger partial charge in [0.15, 0.2) is 0 Å². The first-order valence-electron chi connectivity index (χ1n) is 12.8. The maximum atomic E-state index is 13.6. The molecule has 0 aliphatic carbocycles. The van der Waals surface area contributed by atoms with E-state index in [0.29, 0.717) is 12.0 Å². The van der Waals surface area contributed by atoms with Crippen LogP contribution in [0.2, 0.25) is 0 Å². The quantitative estimate of drug-likeness (QED) is 0.134. The van der Waals surface area contributed by atoms with Crippen molar-refractivity contribution >= 4 is 7.82 Å². The Bertz CT molecular complexity index is 749. The number of unbranched alkanes of at least 4 members (excludes halogenated alkanes) is 13. The van der Waals surface area contributed by atoms with Gasteiger partial charge >= 0.3 is 7.82 Å². The van der Waals surface area contributed by atoms with Gasteiger partial charge in [0.2, 0.25) is 0 Å². The number of phosphoric ester groups is 1. The van der Waals surface area contributed by atoms with Crippen LogP contribution >= 0.6 is 7.82 Å². The molecule has 0 radical (unpaired) electrons. The molecule has 0 saturated heterocycles. The highest BCUT2D eigenvalue weighted by molar-refractivity contribution is 7.46. The van der Waals surface area contributed by atoms with E-state index in [1.54, 1.807) is 0 Å². The van der Waals surface area contributed by atoms with Crippen LogP contribution in [0.25, 0.3) is 0 Å². The number of halogens is 1. The molecule has 0 amide bonds. The summed E-state index contributed by atoms with van der Waals surface area (Å²) in [5.74, 6) is -0.521. The Morgan fingerprint density at radius 2 is 1.44 bits per heavy atom. The van der Waals surface area contributed by atoms with E-state index < -0.39 is 19.7 Å². The monoisotopic (exact) mass is 499 g/mol. The molecule has 0 spiro atoms. The Morgan fingerprint density at radius 3 is 1.94 bits per heavy atom. The van der Waals surface area contributed by atoms with Gasteiger partial charge in [-0.15, -0.1) is 0 Å². The van der Waals surface area contributed by atoms with E-state index in [-0.39, 0.29) is 18.8 Å². The number of hydrogen-bond donors (Lipinski definition) is 2. The van der Waals surface area contributed by atoms with Gasteiger partial charge in [0.05, 0.1) is 31.0 Å². The van der Waals surface area contributed by atoms with Crippen LogP contribution < -0.4 is 0 Å². The third-order valence-corrected chi connectivity index (χ3v) is 6.37. The predicted molar refractivity (Wildman–Crippen MR) is 133 cm³/mol. The number of benzene rings is 1. The van der Waals surface area contributed by atoms with Crippen LogP contribution in [-0.2, 0) is 20.4 Å². The van der Waals surface area contributed by atoms with Crippen molar-refractivity contribution in [2.24, 2.45) is 0 Å². The maximum Gasteiger partial charge on any atom is 0.469 e. The van der Waals surface area contributed by atoms with Gasteiger partial charge in [0.25, 0.3) is 0 Å². The molecule has 1 atom stereocenters. The molecular formula is C26H43FNO5P. The number of phosphoric acid groups is 1. The first-order chi connectivity index (χ1) is 16.3. The minimum atomic E-state index is -4.59. The normalized spacial score (nSPS) is 12.6. The van der Waals surface area contributed by atoms with Gasteiger partial charge in [0.1, 0.15) is 5.82 Å². The molecule has 194 valence electrons. The molecule has 1 aromatic rings. The topological polar surface area (TPSA) is 99.8 Å². The van der Waals surface area contributed by atoms with Crippen molar-refractivity contribution in [3.05, 3.63) is 35.1 Å². The number of nitriles is 1. The van der Waals surface area contributed by atoms with Crippen LogP contribution in [0.5, 0.6) is 0 Å². The smallest absolute Gasteiger partial charge is 0.371 e. The number of nitrogens with zero attached hydrogens (tertiary/aromatic N) is 1. The lowest BCUT2D eigenvalue weighted by Gasteiger charge is -2.18. The summed E-state index contributed by atoms with van der Waals surface area (Å²) in [5.41, 5.74) is 0.701. The molecule has 34 heavy (non-hydrogen) atoms. The van der Waals surface area contributed by atoms with Gasteiger partial charge < -0.3 is 14.5 Å². The first-order valence-corrected chi connectivity index (χ1v) is 14.4. The molecule has 8 heteroatoms. The molecule has 1 aromatic carbocycles. The molecule has 0 heterocycles. The Kier molecular flexibility index (Phi) is 17.1. The minimum Gasteiger partial charge on any atom is -0.371 e. The Labute approximate surface area is 205 Å². The Morgan fingerprint density at radius 1 is 0.912 bits per heavy atom. The SMILES string of the molecule is CCCCCCCCCCCCCCCC[C@H](COP(=O)(O)O)OCc1cc(F)cc(C#N)c1. The molecule has 1 rings (SSSR count). The van der Waals surface area contributed by atoms with Gasteiger partial charge in [-0.3, -0.25) is 4.52 Å². The molecule has 0 bridgehead atoms. The van der Waals surface area contributed by atoms with Crippen molar-refractivity contribution in [2.45, 2.75) is 116 Å². The molecule has 0 aliphatic rings. The minimum absolute atomic E-state index is 0.0419. The van der Waals surface area contributed by atoms with Crippen molar-refractivity contribution in [1.82, 2.24) is 0 Å². The van der Waals surface area contributed by atoms with Gasteiger partial charge in [-0.05, 0) is 30.2 Å². The molecule has 0 unspecified atom stereocenters. The van der Waals surface area contributed by atoms with E-state index in [2.05, 4.69) is 11.4 Å². The third-order valence-electron chi connectivity index (χ3n) is 5.88. The number of ether oxygens (including phenoxy) is 1. The molecule has 0 aliphatic heterocycles. The fraction of sp³-hybridized carbons (Fsp3) is 0.731. The lowest BCUT2D eigenvalue weighted by molar-refractivity contribution is -0.00383. The van der Waals surface area contributed by atoms with Crippen LogP contribution in [0, 0.1) is 17.1 Å². The highest BCUT2D eigenvalue weighted by atomic mass is 31.2. The van der Waals surface area contributed by atoms with E-state index in [4.69, 9.17) is 19.8 Å². The zero-order valence-electron chi connectivity index (χ0n) is 20.7. The molecule has 0 aromatic heterocycles. The molecular weight excluding hydrogens is 456 g/mol. The molecule has 2 N–H and O–H groups in total. The lowest BCUT2D eigenvalue weighted by atomic mass is 10.0. The summed E-state index contributed by atoms with van der Waals surface area (Å²) >= 11 is 0. The second-order valence-corrected chi connectivity index (χ2v) is 10.3. The standard InChI is InChI=1S/C26H43FNO5P/c1-2-3-4-5-6-7-8-9-10-11-12-13-14-15-16-26(22-33-34(29,30)31)32-21-24-17-23(20-28)18-25(27)19-24/h17-19,26H,2-16,21-22H2,1H3,(H2,29,30,31)/t26-/m1/s1. The van der Waals surface area contributed by atoms with Crippen molar-refractivity contribution in [1.29, 1.82) is 5.26 Å². The van der Waals surface area contributed by atoms with Crippen molar-refractivity contribution in [2.75, 3.05) is 6.61 Å². The average Bonchev–Trinajstić information content (AvgIpc) is 2.79. The summed E-state index contributed by atoms with van der Waals surface area (Å²) in [6.07, 6.45) is 17.6. The Hall–Kier alpha value is -1.29. The van der Waals surface area contributed by atoms with Gasteiger partial charge in [-0.25, -0.2) is 8.96 Å². The van der Waals surface area contributed by atoms with Crippen LogP contribution in [0.4, 0.5) is 4.39 Å². The fourth-order valence-corrected chi connectivity index (χ4v) is 4.33. The van der Waals surface area contributed by atoms with Crippen LogP contribution in [0.1, 0.15) is 114 Å². The summed E-state index contributed by atoms with van der Waals surface area (Å²) in [6.45, 7) is 2.05. The van der Waals surface area contributed by atoms with Crippen LogP contribution in [0.3, 0.4) is 0 Å². The van der Waals surface area contributed by atoms with E-state index in [1.807, 2.05) is 6.07 Å². The number of hydrogen-bond acceptors (Lipinski definition) is 4. The highest BCUT2D eigenvalue weighted by Gasteiger charge is 2.19. The third kappa shape index (κ3) is 17.2. The summed E-state index contributed by atoms with van der Waals surface area (Å²) in [5, 5.41) is 8.97. The van der Waals surface area contributed by atoms with Gasteiger partial charge in [0, 0.05) is 0 Å².